The molecule has 19 heavy (non-hydrogen) atoms. The Balaban J connectivity index is 2.64. The number of amides is 2. The Morgan fingerprint density at radius 2 is 1.89 bits per heavy atom. The van der Waals surface area contributed by atoms with Crippen LogP contribution < -0.4 is 0 Å². The summed E-state index contributed by atoms with van der Waals surface area (Å²) in [6.45, 7) is 5.06. The Morgan fingerprint density at radius 1 is 1.32 bits per heavy atom. The van der Waals surface area contributed by atoms with Crippen LogP contribution in [0.25, 0.3) is 0 Å². The van der Waals surface area contributed by atoms with Gasteiger partial charge < -0.3 is 0 Å². The zero-order valence-corrected chi connectivity index (χ0v) is 11.2. The van der Waals surface area contributed by atoms with Crippen molar-refractivity contribution in [3.63, 3.8) is 0 Å². The van der Waals surface area contributed by atoms with Crippen molar-refractivity contribution in [1.82, 2.24) is 9.88 Å². The van der Waals surface area contributed by atoms with Crippen molar-refractivity contribution in [3.8, 4) is 0 Å². The average Bonchev–Trinajstić information content (AvgIpc) is 2.49. The van der Waals surface area contributed by atoms with E-state index in [1.807, 2.05) is 0 Å². The summed E-state index contributed by atoms with van der Waals surface area (Å²) in [6, 6.07) is 0.997. The number of aromatic nitrogens is 1. The van der Waals surface area contributed by atoms with Gasteiger partial charge in [0.15, 0.2) is 0 Å². The van der Waals surface area contributed by atoms with Gasteiger partial charge in [0.1, 0.15) is 5.69 Å². The lowest BCUT2D eigenvalue weighted by Gasteiger charge is -2.29. The highest BCUT2D eigenvalue weighted by Crippen LogP contribution is 2.33. The Morgan fingerprint density at radius 3 is 2.37 bits per heavy atom. The molecule has 2 heterocycles. The van der Waals surface area contributed by atoms with E-state index >= 15 is 0 Å². The first-order valence-corrected chi connectivity index (χ1v) is 5.76. The van der Waals surface area contributed by atoms with Crippen molar-refractivity contribution in [2.24, 2.45) is 0 Å². The maximum atomic E-state index is 12.1. The van der Waals surface area contributed by atoms with Crippen molar-refractivity contribution < 1.29 is 14.5 Å². The molecule has 0 unspecified atom stereocenters. The van der Waals surface area contributed by atoms with E-state index in [0.29, 0.717) is 0 Å². The van der Waals surface area contributed by atoms with E-state index in [1.54, 1.807) is 20.8 Å². The molecule has 0 saturated carbocycles. The molecule has 1 aliphatic heterocycles. The average molecular weight is 284 g/mol. The topological polar surface area (TPSA) is 93.4 Å². The van der Waals surface area contributed by atoms with Gasteiger partial charge in [-0.3, -0.25) is 24.6 Å². The summed E-state index contributed by atoms with van der Waals surface area (Å²) in [5.74, 6) is -1.19. The summed E-state index contributed by atoms with van der Waals surface area (Å²) in [5.41, 5.74) is -1.46. The van der Waals surface area contributed by atoms with Crippen molar-refractivity contribution >= 4 is 29.1 Å². The predicted octanol–water partition coefficient (Wildman–Crippen LogP) is 2.04. The first-order valence-electron chi connectivity index (χ1n) is 5.38. The van der Waals surface area contributed by atoms with E-state index in [4.69, 9.17) is 11.6 Å². The van der Waals surface area contributed by atoms with Crippen molar-refractivity contribution in [3.05, 3.63) is 32.6 Å². The molecule has 0 fully saturated rings. The number of imide groups is 1. The molecule has 0 bridgehead atoms. The summed E-state index contributed by atoms with van der Waals surface area (Å²) < 4.78 is 0. The third-order valence-corrected chi connectivity index (χ3v) is 2.94. The summed E-state index contributed by atoms with van der Waals surface area (Å²) in [6.07, 6.45) is 0. The SMILES string of the molecule is CC(C)(C)N1C(=O)c2cc([N+](=O)[O-])c(Cl)nc2C1=O. The monoisotopic (exact) mass is 283 g/mol. The minimum atomic E-state index is -0.743. The predicted molar refractivity (Wildman–Crippen MR) is 66.2 cm³/mol. The lowest BCUT2D eigenvalue weighted by atomic mass is 10.1. The number of nitro groups is 1. The van der Waals surface area contributed by atoms with Crippen LogP contribution in [0.3, 0.4) is 0 Å². The fourth-order valence-corrected chi connectivity index (χ4v) is 2.07. The molecular formula is C11H10ClN3O4. The number of hydrogen-bond donors (Lipinski definition) is 0. The number of pyridine rings is 1. The highest BCUT2D eigenvalue weighted by molar-refractivity contribution is 6.32. The molecule has 1 aromatic heterocycles. The fourth-order valence-electron chi connectivity index (χ4n) is 1.86. The highest BCUT2D eigenvalue weighted by Gasteiger charge is 2.44. The molecule has 7 nitrogen and oxygen atoms in total. The normalized spacial score (nSPS) is 14.8. The Labute approximate surface area is 113 Å². The molecule has 1 aliphatic rings. The van der Waals surface area contributed by atoms with E-state index in [2.05, 4.69) is 4.98 Å². The van der Waals surface area contributed by atoms with Gasteiger partial charge in [0.05, 0.1) is 10.5 Å². The number of carbonyl (C=O) groups excluding carboxylic acids is 2. The maximum Gasteiger partial charge on any atom is 0.307 e. The number of rotatable bonds is 1. The van der Waals surface area contributed by atoms with Crippen LogP contribution in [-0.4, -0.2) is 32.2 Å². The molecule has 0 atom stereocenters. The van der Waals surface area contributed by atoms with Gasteiger partial charge in [0, 0.05) is 11.6 Å². The van der Waals surface area contributed by atoms with Gasteiger partial charge in [-0.25, -0.2) is 4.98 Å². The van der Waals surface area contributed by atoms with Crippen LogP contribution in [0.15, 0.2) is 6.07 Å². The molecule has 0 spiro atoms. The largest absolute Gasteiger partial charge is 0.307 e. The third kappa shape index (κ3) is 1.95. The molecule has 0 radical (unpaired) electrons. The van der Waals surface area contributed by atoms with Gasteiger partial charge in [0.2, 0.25) is 5.15 Å². The second kappa shape index (κ2) is 3.99. The molecule has 0 aliphatic carbocycles. The molecule has 2 rings (SSSR count). The van der Waals surface area contributed by atoms with Crippen LogP contribution in [-0.2, 0) is 0 Å². The molecule has 100 valence electrons. The van der Waals surface area contributed by atoms with Crippen LogP contribution in [0.5, 0.6) is 0 Å². The molecule has 0 saturated heterocycles. The Hall–Kier alpha value is -2.02. The fraction of sp³-hybridized carbons (Fsp3) is 0.364. The number of carbonyl (C=O) groups is 2. The first-order chi connectivity index (χ1) is 8.64. The van der Waals surface area contributed by atoms with Crippen molar-refractivity contribution in [2.45, 2.75) is 26.3 Å². The van der Waals surface area contributed by atoms with Gasteiger partial charge in [-0.05, 0) is 20.8 Å². The van der Waals surface area contributed by atoms with Gasteiger partial charge in [0.25, 0.3) is 11.8 Å². The van der Waals surface area contributed by atoms with Crippen molar-refractivity contribution in [1.29, 1.82) is 0 Å². The molecular weight excluding hydrogens is 274 g/mol. The molecule has 0 aromatic carbocycles. The van der Waals surface area contributed by atoms with Gasteiger partial charge in [-0.15, -0.1) is 0 Å². The Kier molecular flexibility index (Phi) is 2.82. The number of fused-ring (bicyclic) bond motifs is 1. The third-order valence-electron chi connectivity index (χ3n) is 2.66. The summed E-state index contributed by atoms with van der Waals surface area (Å²) in [7, 11) is 0. The second-order valence-corrected chi connectivity index (χ2v) is 5.43. The van der Waals surface area contributed by atoms with Gasteiger partial charge in [-0.2, -0.15) is 0 Å². The molecule has 8 heteroatoms. The van der Waals surface area contributed by atoms with Crippen LogP contribution >= 0.6 is 11.6 Å². The molecule has 0 N–H and O–H groups in total. The number of halogens is 1. The second-order valence-electron chi connectivity index (χ2n) is 5.07. The highest BCUT2D eigenvalue weighted by atomic mass is 35.5. The van der Waals surface area contributed by atoms with Crippen LogP contribution in [0.2, 0.25) is 5.15 Å². The van der Waals surface area contributed by atoms with E-state index in [0.717, 1.165) is 11.0 Å². The van der Waals surface area contributed by atoms with E-state index < -0.39 is 33.1 Å². The molecule has 1 aromatic rings. The number of nitrogens with zero attached hydrogens (tertiary/aromatic N) is 3. The zero-order valence-electron chi connectivity index (χ0n) is 10.4. The van der Waals surface area contributed by atoms with E-state index in [9.17, 15) is 19.7 Å². The van der Waals surface area contributed by atoms with Gasteiger partial charge >= 0.3 is 5.69 Å². The van der Waals surface area contributed by atoms with Crippen LogP contribution in [0, 0.1) is 10.1 Å². The summed E-state index contributed by atoms with van der Waals surface area (Å²) in [5, 5.41) is 10.4. The zero-order chi connectivity index (χ0) is 14.5. The molecule has 2 amide bonds. The first kappa shape index (κ1) is 13.4. The number of hydrogen-bond acceptors (Lipinski definition) is 5. The summed E-state index contributed by atoms with van der Waals surface area (Å²) in [4.78, 5) is 39.0. The summed E-state index contributed by atoms with van der Waals surface area (Å²) >= 11 is 5.64. The smallest absolute Gasteiger partial charge is 0.268 e. The Bertz CT molecular complexity index is 621. The van der Waals surface area contributed by atoms with E-state index in [1.165, 1.54) is 0 Å². The standard InChI is InChI=1S/C11H10ClN3O4/c1-11(2,3)14-9(16)5-4-6(15(18)19)8(12)13-7(5)10(14)17/h4H,1-3H3. The van der Waals surface area contributed by atoms with E-state index in [-0.39, 0.29) is 11.3 Å². The van der Waals surface area contributed by atoms with Crippen LogP contribution in [0.1, 0.15) is 41.6 Å². The van der Waals surface area contributed by atoms with Gasteiger partial charge in [-0.1, -0.05) is 11.6 Å². The minimum Gasteiger partial charge on any atom is -0.268 e. The minimum absolute atomic E-state index is 0.0870. The van der Waals surface area contributed by atoms with Crippen molar-refractivity contribution in [2.75, 3.05) is 0 Å². The quantitative estimate of drug-likeness (QED) is 0.340. The lowest BCUT2D eigenvalue weighted by Crippen LogP contribution is -2.45. The lowest BCUT2D eigenvalue weighted by molar-refractivity contribution is -0.385. The van der Waals surface area contributed by atoms with Crippen LogP contribution in [0.4, 0.5) is 5.69 Å². The maximum absolute atomic E-state index is 12.1.